The van der Waals surface area contributed by atoms with E-state index in [0.29, 0.717) is 12.1 Å². The van der Waals surface area contributed by atoms with Crippen molar-refractivity contribution in [3.8, 4) is 0 Å². The minimum Gasteiger partial charge on any atom is -0.292 e. The molecule has 0 N–H and O–H groups in total. The molecule has 2 atom stereocenters. The molecule has 0 saturated carbocycles. The summed E-state index contributed by atoms with van der Waals surface area (Å²) in [5.74, 6) is 0. The minimum atomic E-state index is 0.525. The molecule has 0 unspecified atom stereocenters. The second-order valence-electron chi connectivity index (χ2n) is 4.78. The monoisotopic (exact) mass is 250 g/mol. The SMILES string of the molecule is C[C@@H]1CCC[C@H](C)N1/N=C\c1ccccc1Cl. The largest absolute Gasteiger partial charge is 0.292 e. The number of piperidine rings is 1. The fraction of sp³-hybridized carbons (Fsp3) is 0.500. The smallest absolute Gasteiger partial charge is 0.0558 e. The van der Waals surface area contributed by atoms with Gasteiger partial charge in [0.2, 0.25) is 0 Å². The van der Waals surface area contributed by atoms with E-state index < -0.39 is 0 Å². The van der Waals surface area contributed by atoms with Crippen LogP contribution < -0.4 is 0 Å². The van der Waals surface area contributed by atoms with Crippen molar-refractivity contribution < 1.29 is 0 Å². The first-order valence-corrected chi connectivity index (χ1v) is 6.63. The summed E-state index contributed by atoms with van der Waals surface area (Å²) in [6, 6.07) is 8.86. The molecule has 1 fully saturated rings. The first-order valence-electron chi connectivity index (χ1n) is 6.25. The summed E-state index contributed by atoms with van der Waals surface area (Å²) in [7, 11) is 0. The van der Waals surface area contributed by atoms with Crippen molar-refractivity contribution in [2.24, 2.45) is 5.10 Å². The van der Waals surface area contributed by atoms with Gasteiger partial charge >= 0.3 is 0 Å². The summed E-state index contributed by atoms with van der Waals surface area (Å²) in [4.78, 5) is 0. The summed E-state index contributed by atoms with van der Waals surface area (Å²) in [5, 5.41) is 7.56. The van der Waals surface area contributed by atoms with Crippen LogP contribution in [0.1, 0.15) is 38.7 Å². The van der Waals surface area contributed by atoms with Gasteiger partial charge in [-0.05, 0) is 39.2 Å². The Morgan fingerprint density at radius 2 is 1.88 bits per heavy atom. The molecule has 1 saturated heterocycles. The van der Waals surface area contributed by atoms with Crippen LogP contribution in [-0.4, -0.2) is 23.3 Å². The minimum absolute atomic E-state index is 0.525. The molecule has 2 nitrogen and oxygen atoms in total. The Balaban J connectivity index is 2.11. The number of hydrazone groups is 1. The van der Waals surface area contributed by atoms with Gasteiger partial charge in [-0.2, -0.15) is 5.10 Å². The van der Waals surface area contributed by atoms with E-state index >= 15 is 0 Å². The molecule has 0 bridgehead atoms. The van der Waals surface area contributed by atoms with E-state index in [2.05, 4.69) is 24.0 Å². The zero-order chi connectivity index (χ0) is 12.3. The topological polar surface area (TPSA) is 15.6 Å². The molecule has 0 radical (unpaired) electrons. The van der Waals surface area contributed by atoms with Gasteiger partial charge in [-0.3, -0.25) is 5.01 Å². The van der Waals surface area contributed by atoms with Crippen molar-refractivity contribution in [2.45, 2.75) is 45.2 Å². The maximum atomic E-state index is 6.10. The highest BCUT2D eigenvalue weighted by Crippen LogP contribution is 2.23. The standard InChI is InChI=1S/C14H19ClN2/c1-11-6-5-7-12(2)17(11)16-10-13-8-3-4-9-14(13)15/h3-4,8-12H,5-7H2,1-2H3/b16-10-/t11-,12+. The van der Waals surface area contributed by atoms with Crippen LogP contribution in [-0.2, 0) is 0 Å². The Bertz CT molecular complexity index is 393. The lowest BCUT2D eigenvalue weighted by Crippen LogP contribution is -2.39. The third-order valence-corrected chi connectivity index (χ3v) is 3.73. The number of benzene rings is 1. The van der Waals surface area contributed by atoms with Gasteiger partial charge in [-0.1, -0.05) is 29.8 Å². The molecule has 0 aromatic heterocycles. The quantitative estimate of drug-likeness (QED) is 0.726. The van der Waals surface area contributed by atoms with Gasteiger partial charge in [0, 0.05) is 22.7 Å². The summed E-state index contributed by atoms with van der Waals surface area (Å²) in [6.07, 6.45) is 5.63. The van der Waals surface area contributed by atoms with Gasteiger partial charge in [0.1, 0.15) is 0 Å². The maximum absolute atomic E-state index is 6.10. The van der Waals surface area contributed by atoms with E-state index in [4.69, 9.17) is 11.6 Å². The summed E-state index contributed by atoms with van der Waals surface area (Å²) in [6.45, 7) is 4.47. The van der Waals surface area contributed by atoms with Crippen molar-refractivity contribution in [1.29, 1.82) is 0 Å². The highest BCUT2D eigenvalue weighted by Gasteiger charge is 2.22. The van der Waals surface area contributed by atoms with Gasteiger partial charge in [-0.25, -0.2) is 0 Å². The number of hydrogen-bond donors (Lipinski definition) is 0. The third-order valence-electron chi connectivity index (χ3n) is 3.38. The highest BCUT2D eigenvalue weighted by molar-refractivity contribution is 6.33. The summed E-state index contributed by atoms with van der Waals surface area (Å²) >= 11 is 6.10. The summed E-state index contributed by atoms with van der Waals surface area (Å²) < 4.78 is 0. The zero-order valence-electron chi connectivity index (χ0n) is 10.4. The fourth-order valence-corrected chi connectivity index (χ4v) is 2.53. The predicted octanol–water partition coefficient (Wildman–Crippen LogP) is 3.94. The van der Waals surface area contributed by atoms with Crippen LogP contribution >= 0.6 is 11.6 Å². The molecule has 1 heterocycles. The van der Waals surface area contributed by atoms with Crippen molar-refractivity contribution in [2.75, 3.05) is 0 Å². The average molecular weight is 251 g/mol. The number of hydrogen-bond acceptors (Lipinski definition) is 2. The molecule has 0 spiro atoms. The van der Waals surface area contributed by atoms with Crippen molar-refractivity contribution in [3.05, 3.63) is 34.9 Å². The van der Waals surface area contributed by atoms with Crippen LogP contribution in [0.5, 0.6) is 0 Å². The molecule has 1 aromatic carbocycles. The predicted molar refractivity (Wildman–Crippen MR) is 73.7 cm³/mol. The lowest BCUT2D eigenvalue weighted by molar-refractivity contribution is 0.109. The molecular weight excluding hydrogens is 232 g/mol. The molecule has 0 aliphatic carbocycles. The average Bonchev–Trinajstić information content (AvgIpc) is 2.30. The van der Waals surface area contributed by atoms with Crippen molar-refractivity contribution in [1.82, 2.24) is 5.01 Å². The van der Waals surface area contributed by atoms with E-state index in [1.54, 1.807) is 0 Å². The van der Waals surface area contributed by atoms with Gasteiger partial charge in [0.05, 0.1) is 6.21 Å². The van der Waals surface area contributed by atoms with Gasteiger partial charge in [0.15, 0.2) is 0 Å². The van der Waals surface area contributed by atoms with E-state index in [-0.39, 0.29) is 0 Å². The Kier molecular flexibility index (Phi) is 4.06. The Morgan fingerprint density at radius 1 is 1.24 bits per heavy atom. The van der Waals surface area contributed by atoms with Gasteiger partial charge in [0.25, 0.3) is 0 Å². The van der Waals surface area contributed by atoms with E-state index in [1.807, 2.05) is 30.5 Å². The van der Waals surface area contributed by atoms with Crippen LogP contribution in [0, 0.1) is 0 Å². The zero-order valence-corrected chi connectivity index (χ0v) is 11.2. The molecule has 3 heteroatoms. The van der Waals surface area contributed by atoms with E-state index in [9.17, 15) is 0 Å². The number of halogens is 1. The second-order valence-corrected chi connectivity index (χ2v) is 5.18. The summed E-state index contributed by atoms with van der Waals surface area (Å²) in [5.41, 5.74) is 0.985. The lowest BCUT2D eigenvalue weighted by atomic mass is 10.00. The van der Waals surface area contributed by atoms with Crippen LogP contribution in [0.2, 0.25) is 5.02 Å². The Morgan fingerprint density at radius 3 is 2.53 bits per heavy atom. The van der Waals surface area contributed by atoms with E-state index in [0.717, 1.165) is 10.6 Å². The van der Waals surface area contributed by atoms with Crippen molar-refractivity contribution in [3.63, 3.8) is 0 Å². The van der Waals surface area contributed by atoms with Crippen LogP contribution in [0.15, 0.2) is 29.4 Å². The molecule has 2 rings (SSSR count). The highest BCUT2D eigenvalue weighted by atomic mass is 35.5. The Hall–Kier alpha value is -1.02. The normalized spacial score (nSPS) is 25.5. The third kappa shape index (κ3) is 3.01. The molecular formula is C14H19ClN2. The fourth-order valence-electron chi connectivity index (χ4n) is 2.34. The molecule has 1 aliphatic heterocycles. The number of nitrogens with zero attached hydrogens (tertiary/aromatic N) is 2. The molecule has 92 valence electrons. The van der Waals surface area contributed by atoms with Crippen LogP contribution in [0.25, 0.3) is 0 Å². The lowest BCUT2D eigenvalue weighted by Gasteiger charge is -2.36. The first-order chi connectivity index (χ1) is 8.18. The Labute approximate surface area is 108 Å². The maximum Gasteiger partial charge on any atom is 0.0558 e. The van der Waals surface area contributed by atoms with Gasteiger partial charge < -0.3 is 0 Å². The van der Waals surface area contributed by atoms with Gasteiger partial charge in [-0.15, -0.1) is 0 Å². The van der Waals surface area contributed by atoms with E-state index in [1.165, 1.54) is 19.3 Å². The second kappa shape index (κ2) is 5.54. The molecule has 0 amide bonds. The van der Waals surface area contributed by atoms with Crippen LogP contribution in [0.3, 0.4) is 0 Å². The first kappa shape index (κ1) is 12.4. The molecule has 1 aliphatic rings. The number of rotatable bonds is 2. The van der Waals surface area contributed by atoms with Crippen molar-refractivity contribution >= 4 is 17.8 Å². The molecule has 17 heavy (non-hydrogen) atoms. The van der Waals surface area contributed by atoms with Crippen LogP contribution in [0.4, 0.5) is 0 Å². The molecule has 1 aromatic rings.